The van der Waals surface area contributed by atoms with Crippen molar-refractivity contribution in [3.8, 4) is 0 Å². The average molecular weight is 561 g/mol. The predicted octanol–water partition coefficient (Wildman–Crippen LogP) is 2.06. The van der Waals surface area contributed by atoms with E-state index in [0.717, 1.165) is 66.9 Å². The zero-order valence-corrected chi connectivity index (χ0v) is 25.0. The molecule has 0 amide bonds. The van der Waals surface area contributed by atoms with Crippen LogP contribution in [-0.4, -0.2) is 82.5 Å². The molecule has 3 aliphatic heterocycles. The summed E-state index contributed by atoms with van der Waals surface area (Å²) in [5, 5.41) is 40.4. The van der Waals surface area contributed by atoms with E-state index in [1.807, 2.05) is 4.90 Å². The molecular weight excluding hydrogens is 506 g/mol. The highest BCUT2D eigenvalue weighted by Crippen LogP contribution is 2.68. The number of fused-ring (bicyclic) bond motifs is 9. The first kappa shape index (κ1) is 28.2. The Morgan fingerprint density at radius 1 is 0.975 bits per heavy atom. The summed E-state index contributed by atoms with van der Waals surface area (Å²) >= 11 is 0. The topological polar surface area (TPSA) is 104 Å². The summed E-state index contributed by atoms with van der Waals surface area (Å²) in [7, 11) is 0. The van der Waals surface area contributed by atoms with Crippen molar-refractivity contribution < 1.29 is 34.8 Å². The molecule has 0 radical (unpaired) electrons. The van der Waals surface area contributed by atoms with Gasteiger partial charge in [-0.05, 0) is 73.5 Å². The monoisotopic (exact) mass is 560 g/mol. The highest BCUT2D eigenvalue weighted by atomic mass is 16.7. The van der Waals surface area contributed by atoms with Gasteiger partial charge >= 0.3 is 0 Å². The molecule has 7 aliphatic rings. The predicted molar refractivity (Wildman–Crippen MR) is 150 cm³/mol. The van der Waals surface area contributed by atoms with Gasteiger partial charge in [-0.1, -0.05) is 39.3 Å². The second-order valence-electron chi connectivity index (χ2n) is 15.8. The lowest BCUT2D eigenvalue weighted by Gasteiger charge is -2.58. The van der Waals surface area contributed by atoms with Gasteiger partial charge in [-0.15, -0.1) is 0 Å². The molecule has 7 heteroatoms. The molecule has 3 heterocycles. The largest absolute Gasteiger partial charge is 0.394 e. The SMILES string of the molecule is C[C@H]1CC[C@@H]2[C@@H](C)[C@H]3[C@H](C[C@H]4[C@@H]5CC=C6C[C@@H](O[C@@H]7O[C@H](CO)[C@H](O)[C@H](O)[C@H]7O)CC[C@]6(C)[C@H]5CC[C@]34C)[NH+]2C1. The van der Waals surface area contributed by atoms with Gasteiger partial charge < -0.3 is 34.8 Å². The fraction of sp³-hybridized carbons (Fsp3) is 0.939. The minimum absolute atomic E-state index is 0.0977. The highest BCUT2D eigenvalue weighted by Gasteiger charge is 2.68. The summed E-state index contributed by atoms with van der Waals surface area (Å²) < 4.78 is 11.9. The third-order valence-electron chi connectivity index (χ3n) is 14.1. The van der Waals surface area contributed by atoms with Gasteiger partial charge in [0.1, 0.15) is 24.4 Å². The third-order valence-corrected chi connectivity index (χ3v) is 14.1. The van der Waals surface area contributed by atoms with Crippen LogP contribution in [0.4, 0.5) is 0 Å². The van der Waals surface area contributed by atoms with Gasteiger partial charge in [0.05, 0.1) is 31.3 Å². The van der Waals surface area contributed by atoms with E-state index in [0.29, 0.717) is 5.41 Å². The first-order valence-electron chi connectivity index (χ1n) is 16.6. The summed E-state index contributed by atoms with van der Waals surface area (Å²) in [5.74, 6) is 4.99. The van der Waals surface area contributed by atoms with Gasteiger partial charge in [0.2, 0.25) is 0 Å². The van der Waals surface area contributed by atoms with Crippen molar-refractivity contribution in [1.29, 1.82) is 0 Å². The van der Waals surface area contributed by atoms with Crippen LogP contribution >= 0.6 is 0 Å². The maximum atomic E-state index is 10.5. The Kier molecular flexibility index (Phi) is 7.06. The van der Waals surface area contributed by atoms with Crippen molar-refractivity contribution in [3.63, 3.8) is 0 Å². The van der Waals surface area contributed by atoms with Crippen molar-refractivity contribution in [1.82, 2.24) is 0 Å². The van der Waals surface area contributed by atoms with E-state index in [4.69, 9.17) is 9.47 Å². The maximum absolute atomic E-state index is 10.5. The number of quaternary nitrogens is 1. The number of rotatable bonds is 3. The highest BCUT2D eigenvalue weighted by molar-refractivity contribution is 5.26. The van der Waals surface area contributed by atoms with E-state index in [-0.39, 0.29) is 11.5 Å². The summed E-state index contributed by atoms with van der Waals surface area (Å²) in [5.41, 5.74) is 2.21. The Labute approximate surface area is 240 Å². The van der Waals surface area contributed by atoms with Gasteiger partial charge in [-0.25, -0.2) is 0 Å². The molecule has 4 aliphatic carbocycles. The summed E-state index contributed by atoms with van der Waals surface area (Å²) in [4.78, 5) is 1.98. The first-order valence-corrected chi connectivity index (χ1v) is 16.6. The summed E-state index contributed by atoms with van der Waals surface area (Å²) in [6.07, 6.45) is 7.43. The molecule has 40 heavy (non-hydrogen) atoms. The lowest BCUT2D eigenvalue weighted by molar-refractivity contribution is -0.946. The normalized spacial score (nSPS) is 59.2. The van der Waals surface area contributed by atoms with Crippen LogP contribution in [0.25, 0.3) is 0 Å². The van der Waals surface area contributed by atoms with Crippen LogP contribution in [-0.2, 0) is 9.47 Å². The van der Waals surface area contributed by atoms with E-state index < -0.39 is 37.3 Å². The van der Waals surface area contributed by atoms with Gasteiger partial charge in [0.25, 0.3) is 0 Å². The zero-order chi connectivity index (χ0) is 28.1. The van der Waals surface area contributed by atoms with Crippen LogP contribution in [0.5, 0.6) is 0 Å². The lowest BCUT2D eigenvalue weighted by Crippen LogP contribution is -3.18. The van der Waals surface area contributed by atoms with Gasteiger partial charge in [-0.3, -0.25) is 0 Å². The average Bonchev–Trinajstić information content (AvgIpc) is 3.40. The fourth-order valence-electron chi connectivity index (χ4n) is 12.1. The number of hydrogen-bond acceptors (Lipinski definition) is 6. The van der Waals surface area contributed by atoms with E-state index in [2.05, 4.69) is 33.8 Å². The van der Waals surface area contributed by atoms with Crippen molar-refractivity contribution in [2.75, 3.05) is 13.2 Å². The number of allylic oxidation sites excluding steroid dienone is 1. The minimum atomic E-state index is -1.39. The molecule has 1 unspecified atom stereocenters. The smallest absolute Gasteiger partial charge is 0.186 e. The van der Waals surface area contributed by atoms with Crippen molar-refractivity contribution in [2.45, 2.75) is 134 Å². The van der Waals surface area contributed by atoms with E-state index in [1.165, 1.54) is 50.6 Å². The van der Waals surface area contributed by atoms with E-state index >= 15 is 0 Å². The van der Waals surface area contributed by atoms with Crippen LogP contribution in [0, 0.1) is 46.3 Å². The lowest BCUT2D eigenvalue weighted by atomic mass is 9.47. The maximum Gasteiger partial charge on any atom is 0.186 e. The van der Waals surface area contributed by atoms with Crippen LogP contribution < -0.4 is 4.90 Å². The minimum Gasteiger partial charge on any atom is -0.394 e. The standard InChI is InChI=1S/C33H53NO6/c1-17-5-8-24-18(2)27-25(34(24)15-17)14-23-21-7-6-19-13-20(9-11-32(19,3)22(21)10-12-33(23,27)4)39-31-30(38)29(37)28(36)26(16-35)40-31/h6,17-18,20-31,35-38H,5,7-16H2,1-4H3/p+1/t17-,18+,20-,21+,22-,23-,24+,25-,26+,27-,28-,29-,30+,31+,32-,33-/m0/s1. The Morgan fingerprint density at radius 3 is 2.55 bits per heavy atom. The van der Waals surface area contributed by atoms with Crippen LogP contribution in [0.1, 0.15) is 85.5 Å². The summed E-state index contributed by atoms with van der Waals surface area (Å²) in [6, 6.07) is 1.77. The number of hydrogen-bond donors (Lipinski definition) is 5. The van der Waals surface area contributed by atoms with Crippen LogP contribution in [0.3, 0.4) is 0 Å². The van der Waals surface area contributed by atoms with Crippen LogP contribution in [0.2, 0.25) is 0 Å². The molecule has 6 fully saturated rings. The fourth-order valence-corrected chi connectivity index (χ4v) is 12.1. The van der Waals surface area contributed by atoms with Crippen molar-refractivity contribution in [3.05, 3.63) is 11.6 Å². The van der Waals surface area contributed by atoms with Gasteiger partial charge in [0, 0.05) is 30.6 Å². The first-order chi connectivity index (χ1) is 19.1. The molecule has 0 aromatic heterocycles. The Morgan fingerprint density at radius 2 is 1.77 bits per heavy atom. The molecule has 0 aromatic rings. The summed E-state index contributed by atoms with van der Waals surface area (Å²) in [6.45, 7) is 11.3. The number of aliphatic hydroxyl groups excluding tert-OH is 4. The Balaban J connectivity index is 1.07. The molecule has 5 N–H and O–H groups in total. The van der Waals surface area contributed by atoms with Crippen molar-refractivity contribution >= 4 is 0 Å². The van der Waals surface area contributed by atoms with E-state index in [9.17, 15) is 20.4 Å². The molecule has 3 saturated carbocycles. The van der Waals surface area contributed by atoms with Crippen LogP contribution in [0.15, 0.2) is 11.6 Å². The molecule has 17 atom stereocenters. The third kappa shape index (κ3) is 4.01. The number of ether oxygens (including phenoxy) is 2. The van der Waals surface area contributed by atoms with Crippen molar-refractivity contribution in [2.24, 2.45) is 46.3 Å². The second-order valence-corrected chi connectivity index (χ2v) is 15.8. The molecule has 7 nitrogen and oxygen atoms in total. The molecule has 7 rings (SSSR count). The molecule has 0 bridgehead atoms. The molecule has 0 aromatic carbocycles. The Bertz CT molecular complexity index is 1000. The zero-order valence-electron chi connectivity index (χ0n) is 25.0. The molecule has 3 saturated heterocycles. The van der Waals surface area contributed by atoms with Gasteiger partial charge in [0.15, 0.2) is 6.29 Å². The Hall–Kier alpha value is -0.540. The number of piperidine rings is 1. The molecular formula is C33H54NO6+. The number of aliphatic hydroxyl groups is 4. The second kappa shape index (κ2) is 10.0. The quantitative estimate of drug-likeness (QED) is 0.339. The number of nitrogens with one attached hydrogen (secondary N) is 1. The molecule has 226 valence electrons. The molecule has 0 spiro atoms. The van der Waals surface area contributed by atoms with Gasteiger partial charge in [-0.2, -0.15) is 0 Å². The van der Waals surface area contributed by atoms with E-state index in [1.54, 1.807) is 0 Å².